The van der Waals surface area contributed by atoms with E-state index in [1.165, 1.54) is 5.56 Å². The minimum absolute atomic E-state index is 0.283. The number of carbonyl (C=O) groups excluding carboxylic acids is 1. The summed E-state index contributed by atoms with van der Waals surface area (Å²) in [6.45, 7) is 6.89. The maximum absolute atomic E-state index is 12.6. The lowest BCUT2D eigenvalue weighted by Crippen LogP contribution is -2.49. The fourth-order valence-corrected chi connectivity index (χ4v) is 3.37. The highest BCUT2D eigenvalue weighted by atomic mass is 16.5. The van der Waals surface area contributed by atoms with Gasteiger partial charge in [0.1, 0.15) is 0 Å². The molecule has 1 amide bonds. The summed E-state index contributed by atoms with van der Waals surface area (Å²) >= 11 is 0. The predicted octanol–water partition coefficient (Wildman–Crippen LogP) is 1.22. The number of hydrogen-bond donors (Lipinski definition) is 0. The third-order valence-electron chi connectivity index (χ3n) is 4.93. The van der Waals surface area contributed by atoms with Gasteiger partial charge in [-0.3, -0.25) is 14.6 Å². The molecule has 0 radical (unpaired) electrons. The van der Waals surface area contributed by atoms with Crippen LogP contribution in [-0.4, -0.2) is 80.1 Å². The Balaban J connectivity index is 1.54. The first-order chi connectivity index (χ1) is 11.2. The number of likely N-dealkylation sites (N-methyl/N-ethyl adjacent to an activating group) is 1. The lowest BCUT2D eigenvalue weighted by molar-refractivity contribution is -0.134. The lowest BCUT2D eigenvalue weighted by atomic mass is 10.0. The fraction of sp³-hybridized carbons (Fsp3) is 0.611. The van der Waals surface area contributed by atoms with Crippen molar-refractivity contribution < 1.29 is 9.53 Å². The molecule has 2 saturated heterocycles. The molecule has 5 nitrogen and oxygen atoms in total. The Labute approximate surface area is 138 Å². The summed E-state index contributed by atoms with van der Waals surface area (Å²) in [5, 5.41) is 0. The summed E-state index contributed by atoms with van der Waals surface area (Å²) in [4.78, 5) is 19.3. The topological polar surface area (TPSA) is 36.0 Å². The molecule has 5 heteroatoms. The molecule has 2 aliphatic rings. The van der Waals surface area contributed by atoms with Crippen molar-refractivity contribution in [3.63, 3.8) is 0 Å². The Morgan fingerprint density at radius 2 is 1.87 bits per heavy atom. The van der Waals surface area contributed by atoms with Gasteiger partial charge in [-0.05, 0) is 12.6 Å². The summed E-state index contributed by atoms with van der Waals surface area (Å²) in [7, 11) is 2.15. The second kappa shape index (κ2) is 7.90. The first-order valence-electron chi connectivity index (χ1n) is 8.57. The van der Waals surface area contributed by atoms with Crippen molar-refractivity contribution in [1.29, 1.82) is 0 Å². The summed E-state index contributed by atoms with van der Waals surface area (Å²) in [5.74, 6) is 0.283. The third kappa shape index (κ3) is 4.31. The molecule has 0 N–H and O–H groups in total. The Morgan fingerprint density at radius 1 is 1.13 bits per heavy atom. The van der Waals surface area contributed by atoms with E-state index in [0.29, 0.717) is 12.5 Å². The Bertz CT molecular complexity index is 502. The summed E-state index contributed by atoms with van der Waals surface area (Å²) < 4.78 is 5.36. The van der Waals surface area contributed by atoms with Gasteiger partial charge in [0.15, 0.2) is 0 Å². The fourth-order valence-electron chi connectivity index (χ4n) is 3.37. The van der Waals surface area contributed by atoms with Crippen molar-refractivity contribution in [1.82, 2.24) is 14.7 Å². The van der Waals surface area contributed by atoms with Gasteiger partial charge in [-0.2, -0.15) is 0 Å². The number of amides is 1. The quantitative estimate of drug-likeness (QED) is 0.837. The SMILES string of the molecule is CN1CCN(C(=O)CCN2CCOCC2)C[C@@H]1c1ccccc1. The standard InChI is InChI=1S/C18H27N3O2/c1-19-9-10-21(15-17(19)16-5-3-2-4-6-16)18(22)7-8-20-11-13-23-14-12-20/h2-6,17H,7-15H2,1H3/t17-/m1/s1. The molecule has 3 rings (SSSR count). The van der Waals surface area contributed by atoms with Crippen LogP contribution in [0.3, 0.4) is 0 Å². The minimum atomic E-state index is 0.283. The molecule has 2 fully saturated rings. The van der Waals surface area contributed by atoms with Gasteiger partial charge in [0.2, 0.25) is 5.91 Å². The van der Waals surface area contributed by atoms with Crippen LogP contribution in [0.5, 0.6) is 0 Å². The number of hydrogen-bond acceptors (Lipinski definition) is 4. The molecule has 2 aliphatic heterocycles. The number of carbonyl (C=O) groups is 1. The first kappa shape index (κ1) is 16.4. The van der Waals surface area contributed by atoms with Gasteiger partial charge in [-0.1, -0.05) is 30.3 Å². The van der Waals surface area contributed by atoms with Crippen molar-refractivity contribution in [3.05, 3.63) is 35.9 Å². The lowest BCUT2D eigenvalue weighted by Gasteiger charge is -2.40. The zero-order valence-corrected chi connectivity index (χ0v) is 14.0. The van der Waals surface area contributed by atoms with E-state index in [0.717, 1.165) is 52.5 Å². The van der Waals surface area contributed by atoms with Crippen LogP contribution in [0.15, 0.2) is 30.3 Å². The molecule has 0 saturated carbocycles. The van der Waals surface area contributed by atoms with Crippen LogP contribution in [-0.2, 0) is 9.53 Å². The van der Waals surface area contributed by atoms with Crippen molar-refractivity contribution in [2.75, 3.05) is 59.5 Å². The van der Waals surface area contributed by atoms with E-state index >= 15 is 0 Å². The molecular weight excluding hydrogens is 290 g/mol. The van der Waals surface area contributed by atoms with Gasteiger partial charge in [-0.25, -0.2) is 0 Å². The number of nitrogens with zero attached hydrogens (tertiary/aromatic N) is 3. The molecule has 1 aromatic carbocycles. The summed E-state index contributed by atoms with van der Waals surface area (Å²) in [6, 6.07) is 10.8. The van der Waals surface area contributed by atoms with Crippen molar-refractivity contribution in [2.45, 2.75) is 12.5 Å². The van der Waals surface area contributed by atoms with Gasteiger partial charge < -0.3 is 9.64 Å². The Hall–Kier alpha value is -1.43. The van der Waals surface area contributed by atoms with Gasteiger partial charge >= 0.3 is 0 Å². The van der Waals surface area contributed by atoms with Crippen molar-refractivity contribution in [3.8, 4) is 0 Å². The molecule has 1 atom stereocenters. The first-order valence-corrected chi connectivity index (χ1v) is 8.57. The molecule has 2 heterocycles. The van der Waals surface area contributed by atoms with Crippen molar-refractivity contribution in [2.24, 2.45) is 0 Å². The number of ether oxygens (including phenoxy) is 1. The number of morpholine rings is 1. The van der Waals surface area contributed by atoms with E-state index in [9.17, 15) is 4.79 Å². The van der Waals surface area contributed by atoms with Crippen LogP contribution >= 0.6 is 0 Å². The van der Waals surface area contributed by atoms with Crippen molar-refractivity contribution >= 4 is 5.91 Å². The van der Waals surface area contributed by atoms with Crippen LogP contribution in [0.2, 0.25) is 0 Å². The monoisotopic (exact) mass is 317 g/mol. The smallest absolute Gasteiger partial charge is 0.223 e. The summed E-state index contributed by atoms with van der Waals surface area (Å²) in [6.07, 6.45) is 0.616. The molecule has 0 aromatic heterocycles. The Morgan fingerprint density at radius 3 is 2.61 bits per heavy atom. The van der Waals surface area contributed by atoms with Gasteiger partial charge in [0, 0.05) is 45.7 Å². The number of benzene rings is 1. The number of rotatable bonds is 4. The van der Waals surface area contributed by atoms with E-state index in [1.54, 1.807) is 0 Å². The molecule has 126 valence electrons. The number of piperazine rings is 1. The van der Waals surface area contributed by atoms with Crippen LogP contribution < -0.4 is 0 Å². The molecule has 23 heavy (non-hydrogen) atoms. The maximum atomic E-state index is 12.6. The van der Waals surface area contributed by atoms with E-state index in [-0.39, 0.29) is 5.91 Å². The maximum Gasteiger partial charge on any atom is 0.223 e. The highest BCUT2D eigenvalue weighted by Gasteiger charge is 2.28. The zero-order chi connectivity index (χ0) is 16.1. The van der Waals surface area contributed by atoms with Gasteiger partial charge in [0.25, 0.3) is 0 Å². The van der Waals surface area contributed by atoms with Crippen LogP contribution in [0.25, 0.3) is 0 Å². The predicted molar refractivity (Wildman–Crippen MR) is 90.3 cm³/mol. The molecule has 1 aromatic rings. The average molecular weight is 317 g/mol. The second-order valence-corrected chi connectivity index (χ2v) is 6.45. The van der Waals surface area contributed by atoms with E-state index in [2.05, 4.69) is 41.1 Å². The van der Waals surface area contributed by atoms with E-state index in [4.69, 9.17) is 4.74 Å². The zero-order valence-electron chi connectivity index (χ0n) is 14.0. The molecule has 0 aliphatic carbocycles. The average Bonchev–Trinajstić information content (AvgIpc) is 2.62. The molecule has 0 unspecified atom stereocenters. The Kier molecular flexibility index (Phi) is 5.65. The highest BCUT2D eigenvalue weighted by Crippen LogP contribution is 2.24. The minimum Gasteiger partial charge on any atom is -0.379 e. The molecular formula is C18H27N3O2. The second-order valence-electron chi connectivity index (χ2n) is 6.45. The van der Waals surface area contributed by atoms with E-state index < -0.39 is 0 Å². The normalized spacial score (nSPS) is 23.9. The summed E-state index contributed by atoms with van der Waals surface area (Å²) in [5.41, 5.74) is 1.29. The molecule has 0 spiro atoms. The van der Waals surface area contributed by atoms with Gasteiger partial charge in [0.05, 0.1) is 19.3 Å². The van der Waals surface area contributed by atoms with E-state index in [1.807, 2.05) is 11.0 Å². The largest absolute Gasteiger partial charge is 0.379 e. The van der Waals surface area contributed by atoms with Gasteiger partial charge in [-0.15, -0.1) is 0 Å². The highest BCUT2D eigenvalue weighted by molar-refractivity contribution is 5.76. The third-order valence-corrected chi connectivity index (χ3v) is 4.93. The van der Waals surface area contributed by atoms with Crippen LogP contribution in [0.4, 0.5) is 0 Å². The van der Waals surface area contributed by atoms with Crippen LogP contribution in [0, 0.1) is 0 Å². The molecule has 0 bridgehead atoms. The van der Waals surface area contributed by atoms with Crippen LogP contribution in [0.1, 0.15) is 18.0 Å².